The van der Waals surface area contributed by atoms with Crippen LogP contribution in [0.1, 0.15) is 67.7 Å². The second-order valence-corrected chi connectivity index (χ2v) is 11.2. The van der Waals surface area contributed by atoms with E-state index in [-0.39, 0.29) is 23.1 Å². The van der Waals surface area contributed by atoms with Crippen molar-refractivity contribution in [2.24, 2.45) is 5.41 Å². The number of hydrogen-bond donors (Lipinski definition) is 1. The summed E-state index contributed by atoms with van der Waals surface area (Å²) in [4.78, 5) is 39.5. The van der Waals surface area contributed by atoms with Gasteiger partial charge in [0.25, 0.3) is 0 Å². The number of rotatable bonds is 3. The predicted molar refractivity (Wildman–Crippen MR) is 146 cm³/mol. The number of piperidine rings is 2. The topological polar surface area (TPSA) is 87.7 Å². The van der Waals surface area contributed by atoms with Gasteiger partial charge in [-0.3, -0.25) is 14.5 Å². The molecule has 0 radical (unpaired) electrons. The summed E-state index contributed by atoms with van der Waals surface area (Å²) in [6.07, 6.45) is 11.0. The summed E-state index contributed by atoms with van der Waals surface area (Å²) < 4.78 is 5.97. The molecule has 0 aliphatic carbocycles. The molecule has 8 nitrogen and oxygen atoms in total. The predicted octanol–water partition coefficient (Wildman–Crippen LogP) is 3.49. The van der Waals surface area contributed by atoms with Crippen molar-refractivity contribution < 1.29 is 14.3 Å². The van der Waals surface area contributed by atoms with E-state index < -0.39 is 0 Å². The zero-order valence-corrected chi connectivity index (χ0v) is 22.7. The molecule has 1 spiro atoms. The zero-order chi connectivity index (χ0) is 26.4. The Balaban J connectivity index is 1.15. The first-order valence-corrected chi connectivity index (χ1v) is 14.3. The van der Waals surface area contributed by atoms with Gasteiger partial charge in [-0.25, -0.2) is 9.97 Å². The van der Waals surface area contributed by atoms with Gasteiger partial charge in [0.2, 0.25) is 11.8 Å². The van der Waals surface area contributed by atoms with Gasteiger partial charge < -0.3 is 15.0 Å². The van der Waals surface area contributed by atoms with E-state index in [4.69, 9.17) is 4.74 Å². The molecule has 204 valence electrons. The number of aromatic nitrogens is 2. The first-order valence-electron chi connectivity index (χ1n) is 14.3. The second-order valence-electron chi connectivity index (χ2n) is 11.2. The summed E-state index contributed by atoms with van der Waals surface area (Å²) in [7, 11) is 0. The van der Waals surface area contributed by atoms with Crippen LogP contribution in [0.25, 0.3) is 0 Å². The molecule has 1 N–H and O–H groups in total. The van der Waals surface area contributed by atoms with E-state index in [2.05, 4.69) is 32.3 Å². The third kappa shape index (κ3) is 6.17. The number of aryl methyl sites for hydroxylation is 2. The maximum atomic E-state index is 13.4. The monoisotopic (exact) mass is 519 g/mol. The molecule has 1 aromatic carbocycles. The van der Waals surface area contributed by atoms with Gasteiger partial charge >= 0.3 is 0 Å². The highest BCUT2D eigenvalue weighted by molar-refractivity contribution is 5.83. The molecule has 38 heavy (non-hydrogen) atoms. The maximum Gasteiger partial charge on any atom is 0.236 e. The van der Waals surface area contributed by atoms with Gasteiger partial charge in [-0.2, -0.15) is 0 Å². The quantitative estimate of drug-likeness (QED) is 0.668. The minimum atomic E-state index is -0.348. The molecule has 1 unspecified atom stereocenters. The largest absolute Gasteiger partial charge is 0.491 e. The number of ether oxygens (including phenoxy) is 1. The number of amides is 2. The van der Waals surface area contributed by atoms with E-state index in [9.17, 15) is 9.59 Å². The smallest absolute Gasteiger partial charge is 0.236 e. The van der Waals surface area contributed by atoms with E-state index in [1.165, 1.54) is 5.56 Å². The number of benzene rings is 1. The summed E-state index contributed by atoms with van der Waals surface area (Å²) in [5.74, 6) is 1.55. The molecule has 3 aliphatic heterocycles. The lowest BCUT2D eigenvalue weighted by Gasteiger charge is -2.41. The van der Waals surface area contributed by atoms with Gasteiger partial charge in [0.05, 0.1) is 24.2 Å². The lowest BCUT2D eigenvalue weighted by Crippen LogP contribution is -2.52. The molecule has 2 fully saturated rings. The van der Waals surface area contributed by atoms with Crippen LogP contribution >= 0.6 is 0 Å². The normalized spacial score (nSPS) is 22.9. The minimum Gasteiger partial charge on any atom is -0.491 e. The van der Waals surface area contributed by atoms with Crippen LogP contribution in [0.2, 0.25) is 0 Å². The Kier molecular flexibility index (Phi) is 8.57. The molecule has 5 rings (SSSR count). The van der Waals surface area contributed by atoms with Crippen LogP contribution in [0.3, 0.4) is 0 Å². The number of carbonyl (C=O) groups is 2. The van der Waals surface area contributed by atoms with Crippen molar-refractivity contribution in [2.45, 2.75) is 64.2 Å². The molecule has 0 bridgehead atoms. The fourth-order valence-electron chi connectivity index (χ4n) is 6.43. The zero-order valence-electron chi connectivity index (χ0n) is 22.7. The van der Waals surface area contributed by atoms with Crippen LogP contribution in [-0.2, 0) is 16.0 Å². The first kappa shape index (κ1) is 26.6. The summed E-state index contributed by atoms with van der Waals surface area (Å²) >= 11 is 0. The molecule has 2 aromatic rings. The van der Waals surface area contributed by atoms with Gasteiger partial charge in [-0.15, -0.1) is 0 Å². The van der Waals surface area contributed by atoms with Crippen molar-refractivity contribution in [3.8, 4) is 5.75 Å². The maximum absolute atomic E-state index is 13.4. The van der Waals surface area contributed by atoms with Crippen molar-refractivity contribution in [2.75, 3.05) is 45.9 Å². The molecule has 8 heteroatoms. The van der Waals surface area contributed by atoms with E-state index >= 15 is 0 Å². The first-order chi connectivity index (χ1) is 18.5. The second kappa shape index (κ2) is 12.2. The molecule has 4 heterocycles. The van der Waals surface area contributed by atoms with E-state index in [1.807, 2.05) is 30.2 Å². The van der Waals surface area contributed by atoms with E-state index in [1.54, 1.807) is 6.33 Å². The van der Waals surface area contributed by atoms with Gasteiger partial charge in [-0.1, -0.05) is 24.6 Å². The molecule has 2 saturated heterocycles. The van der Waals surface area contributed by atoms with Gasteiger partial charge in [0, 0.05) is 25.2 Å². The third-order valence-electron chi connectivity index (χ3n) is 8.72. The average Bonchev–Trinajstić information content (AvgIpc) is 2.94. The number of fused-ring (bicyclic) bond motifs is 1. The number of carbonyl (C=O) groups excluding carboxylic acids is 2. The lowest BCUT2D eigenvalue weighted by molar-refractivity contribution is -0.137. The molecule has 1 aromatic heterocycles. The van der Waals surface area contributed by atoms with Gasteiger partial charge in [0.1, 0.15) is 18.7 Å². The van der Waals surface area contributed by atoms with Crippen LogP contribution in [0.15, 0.2) is 36.8 Å². The van der Waals surface area contributed by atoms with Crippen molar-refractivity contribution in [3.05, 3.63) is 53.6 Å². The third-order valence-corrected chi connectivity index (χ3v) is 8.72. The Morgan fingerprint density at radius 1 is 1.13 bits per heavy atom. The highest BCUT2D eigenvalue weighted by Crippen LogP contribution is 2.38. The molecular weight excluding hydrogens is 478 g/mol. The van der Waals surface area contributed by atoms with Crippen LogP contribution in [0, 0.1) is 12.3 Å². The Morgan fingerprint density at radius 3 is 2.82 bits per heavy atom. The number of nitrogens with zero attached hydrogens (tertiary/aromatic N) is 4. The van der Waals surface area contributed by atoms with Crippen molar-refractivity contribution in [3.63, 3.8) is 0 Å². The summed E-state index contributed by atoms with van der Waals surface area (Å²) in [6, 6.07) is 8.22. The molecule has 2 amide bonds. The summed E-state index contributed by atoms with van der Waals surface area (Å²) in [5, 5.41) is 3.16. The van der Waals surface area contributed by atoms with E-state index in [0.717, 1.165) is 94.6 Å². The lowest BCUT2D eigenvalue weighted by atomic mass is 9.73. The van der Waals surface area contributed by atoms with E-state index in [0.29, 0.717) is 19.7 Å². The highest BCUT2D eigenvalue weighted by atomic mass is 16.5. The Bertz CT molecular complexity index is 1110. The Morgan fingerprint density at radius 2 is 1.97 bits per heavy atom. The molecular formula is C30H41N5O3. The fraction of sp³-hybridized carbons (Fsp3) is 0.600. The summed E-state index contributed by atoms with van der Waals surface area (Å²) in [6.45, 7) is 6.56. The van der Waals surface area contributed by atoms with Crippen LogP contribution in [0.4, 0.5) is 0 Å². The Hall–Kier alpha value is -3.00. The van der Waals surface area contributed by atoms with Crippen molar-refractivity contribution in [1.29, 1.82) is 0 Å². The molecule has 0 saturated carbocycles. The van der Waals surface area contributed by atoms with Crippen LogP contribution in [-0.4, -0.2) is 77.5 Å². The van der Waals surface area contributed by atoms with Crippen LogP contribution in [0.5, 0.6) is 5.75 Å². The standard InChI is InChI=1S/C30H41N5O3/c1-23-19-31-22-33-28(23)25-9-6-15-35(20-25)27(36)21-34-16-12-30(13-17-34)11-5-4-8-24-7-2-3-10-26(24)38-18-14-32-29(30)37/h2-3,7,10,19,22,25H,4-6,8-9,11-18,20-21H2,1H3,(H,32,37). The van der Waals surface area contributed by atoms with Crippen LogP contribution < -0.4 is 10.1 Å². The highest BCUT2D eigenvalue weighted by Gasteiger charge is 2.41. The number of likely N-dealkylation sites (tertiary alicyclic amines) is 2. The van der Waals surface area contributed by atoms with Gasteiger partial charge in [-0.05, 0) is 82.2 Å². The average molecular weight is 520 g/mol. The van der Waals surface area contributed by atoms with Gasteiger partial charge in [0.15, 0.2) is 0 Å². The van der Waals surface area contributed by atoms with Crippen molar-refractivity contribution in [1.82, 2.24) is 25.1 Å². The fourth-order valence-corrected chi connectivity index (χ4v) is 6.43. The molecule has 3 aliphatic rings. The number of nitrogens with one attached hydrogen (secondary N) is 1. The Labute approximate surface area is 226 Å². The molecule has 1 atom stereocenters. The summed E-state index contributed by atoms with van der Waals surface area (Å²) in [5.41, 5.74) is 3.06. The number of para-hydroxylation sites is 1. The SMILES string of the molecule is Cc1cncnc1C1CCCN(C(=O)CN2CCC3(CCCCc4ccccc4OCCNC3=O)CC2)C1. The van der Waals surface area contributed by atoms with Crippen molar-refractivity contribution >= 4 is 11.8 Å². The number of hydrogen-bond acceptors (Lipinski definition) is 6. The minimum absolute atomic E-state index is 0.153.